The molecule has 0 atom stereocenters. The van der Waals surface area contributed by atoms with Crippen LogP contribution in [0.5, 0.6) is 0 Å². The first kappa shape index (κ1) is 7.47. The quantitative estimate of drug-likeness (QED) is 0.503. The Kier molecular flexibility index (Phi) is 2.62. The van der Waals surface area contributed by atoms with Crippen LogP contribution in [0.4, 0.5) is 0 Å². The molecule has 0 spiro atoms. The molecule has 0 saturated heterocycles. The normalized spacial score (nSPS) is 9.80. The Morgan fingerprint density at radius 3 is 3.00 bits per heavy atom. The first-order valence-electron chi connectivity index (χ1n) is 2.81. The van der Waals surface area contributed by atoms with Crippen LogP contribution < -0.4 is 5.48 Å². The highest BCUT2D eigenvalue weighted by Crippen LogP contribution is 2.03. The van der Waals surface area contributed by atoms with Crippen LogP contribution in [0, 0.1) is 0 Å². The van der Waals surface area contributed by atoms with Crippen LogP contribution in [0.1, 0.15) is 5.69 Å². The molecule has 0 aliphatic heterocycles. The first-order chi connectivity index (χ1) is 4.83. The van der Waals surface area contributed by atoms with Crippen LogP contribution in [0.15, 0.2) is 18.2 Å². The third-order valence-electron chi connectivity index (χ3n) is 1.03. The van der Waals surface area contributed by atoms with Crippen molar-refractivity contribution in [1.29, 1.82) is 0 Å². The lowest BCUT2D eigenvalue weighted by molar-refractivity contribution is 0.160. The molecule has 1 heterocycles. The van der Waals surface area contributed by atoms with E-state index in [2.05, 4.69) is 4.98 Å². The molecule has 0 fully saturated rings. The van der Waals surface area contributed by atoms with Gasteiger partial charge in [0.15, 0.2) is 0 Å². The van der Waals surface area contributed by atoms with Crippen molar-refractivity contribution in [3.8, 4) is 0 Å². The van der Waals surface area contributed by atoms with Gasteiger partial charge in [0.1, 0.15) is 5.15 Å². The van der Waals surface area contributed by atoms with E-state index in [-0.39, 0.29) is 0 Å². The lowest BCUT2D eigenvalue weighted by Gasteiger charge is -1.96. The van der Waals surface area contributed by atoms with E-state index < -0.39 is 0 Å². The minimum absolute atomic E-state index is 0.320. The molecule has 3 nitrogen and oxygen atoms in total. The lowest BCUT2D eigenvalue weighted by Crippen LogP contribution is -2.07. The molecule has 0 radical (unpaired) electrons. The maximum absolute atomic E-state index is 8.28. The maximum Gasteiger partial charge on any atom is 0.129 e. The summed E-state index contributed by atoms with van der Waals surface area (Å²) in [5, 5.41) is 8.72. The van der Waals surface area contributed by atoms with E-state index in [4.69, 9.17) is 16.8 Å². The van der Waals surface area contributed by atoms with Gasteiger partial charge in [-0.25, -0.2) is 4.98 Å². The minimum Gasteiger partial charge on any atom is -0.316 e. The SMILES string of the molecule is ONCc1cccc(Cl)n1. The van der Waals surface area contributed by atoms with E-state index in [0.717, 1.165) is 5.69 Å². The second-order valence-electron chi connectivity index (χ2n) is 1.79. The second-order valence-corrected chi connectivity index (χ2v) is 2.17. The van der Waals surface area contributed by atoms with E-state index >= 15 is 0 Å². The van der Waals surface area contributed by atoms with Crippen LogP contribution in [0.3, 0.4) is 0 Å². The zero-order valence-electron chi connectivity index (χ0n) is 5.21. The molecule has 0 amide bonds. The number of aromatic nitrogens is 1. The van der Waals surface area contributed by atoms with Crippen molar-refractivity contribution in [2.75, 3.05) is 0 Å². The Labute approximate surface area is 63.6 Å². The van der Waals surface area contributed by atoms with Crippen molar-refractivity contribution < 1.29 is 5.21 Å². The molecule has 1 aromatic heterocycles. The fraction of sp³-hybridized carbons (Fsp3) is 0.167. The Bertz CT molecular complexity index is 217. The number of nitrogens with one attached hydrogen (secondary N) is 1. The van der Waals surface area contributed by atoms with Gasteiger partial charge in [-0.15, -0.1) is 0 Å². The molecule has 2 N–H and O–H groups in total. The Morgan fingerprint density at radius 1 is 1.60 bits per heavy atom. The number of hydroxylamine groups is 1. The molecule has 1 aromatic rings. The zero-order valence-corrected chi connectivity index (χ0v) is 5.97. The number of hydrogen-bond acceptors (Lipinski definition) is 3. The molecular formula is C6H7ClN2O. The molecule has 10 heavy (non-hydrogen) atoms. The third kappa shape index (κ3) is 1.95. The molecule has 54 valence electrons. The van der Waals surface area contributed by atoms with E-state index in [1.807, 2.05) is 5.48 Å². The van der Waals surface area contributed by atoms with Crippen LogP contribution in [0.25, 0.3) is 0 Å². The van der Waals surface area contributed by atoms with Crippen LogP contribution in [0.2, 0.25) is 5.15 Å². The number of rotatable bonds is 2. The third-order valence-corrected chi connectivity index (χ3v) is 1.24. The van der Waals surface area contributed by atoms with Crippen LogP contribution >= 0.6 is 11.6 Å². The number of halogens is 1. The zero-order chi connectivity index (χ0) is 7.40. The van der Waals surface area contributed by atoms with Gasteiger partial charge in [-0.05, 0) is 12.1 Å². The highest BCUT2D eigenvalue weighted by molar-refractivity contribution is 6.29. The molecule has 0 unspecified atom stereocenters. The average Bonchev–Trinajstić information content (AvgIpc) is 1.88. The van der Waals surface area contributed by atoms with Gasteiger partial charge >= 0.3 is 0 Å². The fourth-order valence-electron chi connectivity index (χ4n) is 0.630. The summed E-state index contributed by atoms with van der Waals surface area (Å²) in [4.78, 5) is 3.91. The van der Waals surface area contributed by atoms with Crippen molar-refractivity contribution in [3.05, 3.63) is 29.0 Å². The van der Waals surface area contributed by atoms with Gasteiger partial charge in [0, 0.05) is 0 Å². The molecule has 0 aliphatic carbocycles. The predicted octanol–water partition coefficient (Wildman–Crippen LogP) is 1.21. The topological polar surface area (TPSA) is 45.1 Å². The highest BCUT2D eigenvalue weighted by atomic mass is 35.5. The molecule has 0 aliphatic rings. The van der Waals surface area contributed by atoms with Crippen LogP contribution in [-0.2, 0) is 6.54 Å². The Morgan fingerprint density at radius 2 is 2.40 bits per heavy atom. The van der Waals surface area contributed by atoms with E-state index in [0.29, 0.717) is 11.7 Å². The fourth-order valence-corrected chi connectivity index (χ4v) is 0.811. The second kappa shape index (κ2) is 3.51. The smallest absolute Gasteiger partial charge is 0.129 e. The van der Waals surface area contributed by atoms with E-state index in [1.165, 1.54) is 0 Å². The van der Waals surface area contributed by atoms with Crippen molar-refractivity contribution in [2.24, 2.45) is 0 Å². The van der Waals surface area contributed by atoms with Gasteiger partial charge in [-0.1, -0.05) is 17.7 Å². The van der Waals surface area contributed by atoms with E-state index in [1.54, 1.807) is 18.2 Å². The molecule has 1 rings (SSSR count). The summed E-state index contributed by atoms with van der Waals surface area (Å²) >= 11 is 5.56. The summed E-state index contributed by atoms with van der Waals surface area (Å²) in [7, 11) is 0. The largest absolute Gasteiger partial charge is 0.316 e. The van der Waals surface area contributed by atoms with Crippen molar-refractivity contribution in [1.82, 2.24) is 10.5 Å². The predicted molar refractivity (Wildman–Crippen MR) is 37.9 cm³/mol. The summed E-state index contributed by atoms with van der Waals surface area (Å²) in [5.74, 6) is 0. The summed E-state index contributed by atoms with van der Waals surface area (Å²) in [6.07, 6.45) is 0. The Hall–Kier alpha value is -0.640. The summed E-state index contributed by atoms with van der Waals surface area (Å²) in [6, 6.07) is 5.24. The van der Waals surface area contributed by atoms with Gasteiger partial charge in [-0.2, -0.15) is 5.48 Å². The first-order valence-corrected chi connectivity index (χ1v) is 3.19. The highest BCUT2D eigenvalue weighted by Gasteiger charge is 1.92. The summed E-state index contributed by atoms with van der Waals surface area (Å²) in [6.45, 7) is 0.320. The molecule has 0 aromatic carbocycles. The maximum atomic E-state index is 8.28. The van der Waals surface area contributed by atoms with Crippen molar-refractivity contribution in [2.45, 2.75) is 6.54 Å². The number of nitrogens with zero attached hydrogens (tertiary/aromatic N) is 1. The van der Waals surface area contributed by atoms with Gasteiger partial charge in [-0.3, -0.25) is 0 Å². The average molecular weight is 159 g/mol. The molecule has 0 bridgehead atoms. The number of hydrogen-bond donors (Lipinski definition) is 2. The summed E-state index contributed by atoms with van der Waals surface area (Å²) < 4.78 is 0. The van der Waals surface area contributed by atoms with Gasteiger partial charge in [0.2, 0.25) is 0 Å². The minimum atomic E-state index is 0.320. The lowest BCUT2D eigenvalue weighted by atomic mass is 10.4. The van der Waals surface area contributed by atoms with Gasteiger partial charge < -0.3 is 5.21 Å². The Balaban J connectivity index is 2.75. The van der Waals surface area contributed by atoms with Gasteiger partial charge in [0.25, 0.3) is 0 Å². The molecule has 0 saturated carbocycles. The van der Waals surface area contributed by atoms with Crippen LogP contribution in [-0.4, -0.2) is 10.2 Å². The van der Waals surface area contributed by atoms with Crippen molar-refractivity contribution >= 4 is 11.6 Å². The number of pyridine rings is 1. The van der Waals surface area contributed by atoms with Crippen molar-refractivity contribution in [3.63, 3.8) is 0 Å². The van der Waals surface area contributed by atoms with Gasteiger partial charge in [0.05, 0.1) is 12.2 Å². The monoisotopic (exact) mass is 158 g/mol. The van der Waals surface area contributed by atoms with E-state index in [9.17, 15) is 0 Å². The molecular weight excluding hydrogens is 152 g/mol. The molecule has 4 heteroatoms. The standard InChI is InChI=1S/C6H7ClN2O/c7-6-3-1-2-5(9-6)4-8-10/h1-3,8,10H,4H2. The summed E-state index contributed by atoms with van der Waals surface area (Å²) in [5.41, 5.74) is 2.71.